The SMILES string of the molecule is CCC1(CC)NC(=O)[C@H](O)[C@H]1C.O=C=O.O=C=O. The monoisotopic (exact) mass is 259 g/mol. The zero-order valence-corrected chi connectivity index (χ0v) is 10.6. The first-order chi connectivity index (χ1) is 8.40. The summed E-state index contributed by atoms with van der Waals surface area (Å²) in [6, 6.07) is 0. The third-order valence-corrected chi connectivity index (χ3v) is 3.25. The lowest BCUT2D eigenvalue weighted by molar-refractivity contribution is -0.193. The lowest BCUT2D eigenvalue weighted by atomic mass is 9.81. The maximum absolute atomic E-state index is 11.2. The van der Waals surface area contributed by atoms with E-state index in [0.29, 0.717) is 0 Å². The molecule has 1 heterocycles. The summed E-state index contributed by atoms with van der Waals surface area (Å²) >= 11 is 0. The molecule has 7 nitrogen and oxygen atoms in total. The Hall–Kier alpha value is -1.81. The predicted octanol–water partition coefficient (Wildman–Crippen LogP) is -0.495. The Morgan fingerprint density at radius 2 is 1.50 bits per heavy atom. The van der Waals surface area contributed by atoms with Crippen LogP contribution in [0.1, 0.15) is 33.6 Å². The Morgan fingerprint density at radius 3 is 1.61 bits per heavy atom. The molecule has 0 aliphatic carbocycles. The van der Waals surface area contributed by atoms with Gasteiger partial charge in [0.1, 0.15) is 6.10 Å². The molecule has 1 rings (SSSR count). The number of hydrogen-bond donors (Lipinski definition) is 2. The third kappa shape index (κ3) is 4.59. The summed E-state index contributed by atoms with van der Waals surface area (Å²) in [4.78, 5) is 43.7. The van der Waals surface area contributed by atoms with Gasteiger partial charge in [0.25, 0.3) is 0 Å². The number of carbonyl (C=O) groups is 1. The van der Waals surface area contributed by atoms with E-state index in [1.807, 2.05) is 20.8 Å². The van der Waals surface area contributed by atoms with Crippen molar-refractivity contribution in [3.05, 3.63) is 0 Å². The number of aliphatic hydroxyl groups excluding tert-OH is 1. The van der Waals surface area contributed by atoms with Crippen LogP contribution in [0.2, 0.25) is 0 Å². The molecule has 1 amide bonds. The highest BCUT2D eigenvalue weighted by Gasteiger charge is 2.47. The van der Waals surface area contributed by atoms with Crippen LogP contribution in [-0.2, 0) is 24.0 Å². The summed E-state index contributed by atoms with van der Waals surface area (Å²) < 4.78 is 0. The minimum atomic E-state index is -0.815. The van der Waals surface area contributed by atoms with E-state index in [9.17, 15) is 9.90 Å². The molecule has 1 aliphatic rings. The van der Waals surface area contributed by atoms with Crippen LogP contribution < -0.4 is 5.32 Å². The third-order valence-electron chi connectivity index (χ3n) is 3.25. The van der Waals surface area contributed by atoms with Crippen LogP contribution in [0.25, 0.3) is 0 Å². The summed E-state index contributed by atoms with van der Waals surface area (Å²) in [5.74, 6) is -0.189. The van der Waals surface area contributed by atoms with Crippen molar-refractivity contribution in [2.24, 2.45) is 5.92 Å². The van der Waals surface area contributed by atoms with E-state index in [1.54, 1.807) is 0 Å². The molecular formula is C11H17NO6. The van der Waals surface area contributed by atoms with Gasteiger partial charge < -0.3 is 10.4 Å². The van der Waals surface area contributed by atoms with Gasteiger partial charge in [0.2, 0.25) is 5.91 Å². The molecule has 0 saturated carbocycles. The molecular weight excluding hydrogens is 242 g/mol. The van der Waals surface area contributed by atoms with Gasteiger partial charge in [-0.15, -0.1) is 0 Å². The molecule has 18 heavy (non-hydrogen) atoms. The van der Waals surface area contributed by atoms with E-state index in [1.165, 1.54) is 0 Å². The second kappa shape index (κ2) is 9.24. The van der Waals surface area contributed by atoms with Gasteiger partial charge in [0.05, 0.1) is 0 Å². The molecule has 0 radical (unpaired) electrons. The van der Waals surface area contributed by atoms with Gasteiger partial charge >= 0.3 is 12.3 Å². The number of hydrogen-bond acceptors (Lipinski definition) is 6. The maximum atomic E-state index is 11.2. The van der Waals surface area contributed by atoms with Crippen LogP contribution in [0.15, 0.2) is 0 Å². The van der Waals surface area contributed by atoms with Crippen LogP contribution in [0.4, 0.5) is 0 Å². The van der Waals surface area contributed by atoms with Gasteiger partial charge in [-0.2, -0.15) is 19.2 Å². The Bertz CT molecular complexity index is 312. The van der Waals surface area contributed by atoms with E-state index < -0.39 is 6.10 Å². The fourth-order valence-electron chi connectivity index (χ4n) is 2.03. The first-order valence-electron chi connectivity index (χ1n) is 5.39. The van der Waals surface area contributed by atoms with E-state index in [-0.39, 0.29) is 29.7 Å². The number of rotatable bonds is 2. The van der Waals surface area contributed by atoms with Gasteiger partial charge in [0.15, 0.2) is 0 Å². The second-order valence-electron chi connectivity index (χ2n) is 3.75. The van der Waals surface area contributed by atoms with Crippen molar-refractivity contribution in [2.75, 3.05) is 0 Å². The van der Waals surface area contributed by atoms with Gasteiger partial charge in [-0.3, -0.25) is 4.79 Å². The van der Waals surface area contributed by atoms with Gasteiger partial charge in [-0.25, -0.2) is 0 Å². The lowest BCUT2D eigenvalue weighted by Gasteiger charge is -2.31. The Labute approximate surface area is 105 Å². The van der Waals surface area contributed by atoms with Gasteiger partial charge in [-0.1, -0.05) is 20.8 Å². The Balaban J connectivity index is 0. The molecule has 1 saturated heterocycles. The van der Waals surface area contributed by atoms with Gasteiger partial charge in [0, 0.05) is 11.5 Å². The van der Waals surface area contributed by atoms with Crippen molar-refractivity contribution < 1.29 is 29.1 Å². The maximum Gasteiger partial charge on any atom is 0.373 e. The highest BCUT2D eigenvalue weighted by atomic mass is 16.3. The average molecular weight is 259 g/mol. The first kappa shape index (κ1) is 18.6. The standard InChI is InChI=1S/C9H17NO2.2CO2/c1-4-9(5-2)6(3)7(11)8(12)10-9;2*2-1-3/h6-7,11H,4-5H2,1-3H3,(H,10,12);;/t6-,7-;;/m1../s1. The van der Waals surface area contributed by atoms with Gasteiger partial charge in [-0.05, 0) is 12.8 Å². The molecule has 1 fully saturated rings. The zero-order chi connectivity index (χ0) is 14.8. The molecule has 0 spiro atoms. The van der Waals surface area contributed by atoms with E-state index in [2.05, 4.69) is 5.32 Å². The van der Waals surface area contributed by atoms with Crippen molar-refractivity contribution in [3.8, 4) is 0 Å². The summed E-state index contributed by atoms with van der Waals surface area (Å²) in [6.07, 6.45) is 1.45. The van der Waals surface area contributed by atoms with Crippen molar-refractivity contribution in [3.63, 3.8) is 0 Å². The van der Waals surface area contributed by atoms with Crippen molar-refractivity contribution in [2.45, 2.75) is 45.3 Å². The fourth-order valence-corrected chi connectivity index (χ4v) is 2.03. The van der Waals surface area contributed by atoms with E-state index >= 15 is 0 Å². The van der Waals surface area contributed by atoms with Crippen LogP contribution in [0.5, 0.6) is 0 Å². The van der Waals surface area contributed by atoms with Crippen LogP contribution in [0, 0.1) is 5.92 Å². The number of nitrogens with one attached hydrogen (secondary N) is 1. The molecule has 7 heteroatoms. The van der Waals surface area contributed by atoms with Crippen LogP contribution in [-0.4, -0.2) is 35.0 Å². The zero-order valence-electron chi connectivity index (χ0n) is 10.6. The number of carbonyl (C=O) groups excluding carboxylic acids is 5. The molecule has 0 aromatic rings. The summed E-state index contributed by atoms with van der Waals surface area (Å²) in [6.45, 7) is 6.01. The molecule has 0 aromatic carbocycles. The van der Waals surface area contributed by atoms with Crippen LogP contribution >= 0.6 is 0 Å². The lowest BCUT2D eigenvalue weighted by Crippen LogP contribution is -2.44. The minimum Gasteiger partial charge on any atom is -0.383 e. The molecule has 1 aliphatic heterocycles. The van der Waals surface area contributed by atoms with Crippen molar-refractivity contribution >= 4 is 18.2 Å². The molecule has 0 aromatic heterocycles. The summed E-state index contributed by atoms with van der Waals surface area (Å²) in [5.41, 5.74) is -0.170. The highest BCUT2D eigenvalue weighted by Crippen LogP contribution is 2.32. The Morgan fingerprint density at radius 1 is 1.17 bits per heavy atom. The predicted molar refractivity (Wildman–Crippen MR) is 56.6 cm³/mol. The topological polar surface area (TPSA) is 118 Å². The first-order valence-corrected chi connectivity index (χ1v) is 5.39. The number of amides is 1. The smallest absolute Gasteiger partial charge is 0.373 e. The van der Waals surface area contributed by atoms with Crippen molar-refractivity contribution in [1.82, 2.24) is 5.32 Å². The summed E-state index contributed by atoms with van der Waals surface area (Å²) in [7, 11) is 0. The highest BCUT2D eigenvalue weighted by molar-refractivity contribution is 5.84. The molecule has 102 valence electrons. The number of aliphatic hydroxyl groups is 1. The average Bonchev–Trinajstić information content (AvgIpc) is 2.56. The molecule has 2 atom stereocenters. The summed E-state index contributed by atoms with van der Waals surface area (Å²) in [5, 5.41) is 12.3. The van der Waals surface area contributed by atoms with E-state index in [4.69, 9.17) is 19.2 Å². The molecule has 0 bridgehead atoms. The van der Waals surface area contributed by atoms with Crippen molar-refractivity contribution in [1.29, 1.82) is 0 Å². The molecule has 0 unspecified atom stereocenters. The quantitative estimate of drug-likeness (QED) is 0.690. The fraction of sp³-hybridized carbons (Fsp3) is 0.727. The normalized spacial score (nSPS) is 23.2. The van der Waals surface area contributed by atoms with E-state index in [0.717, 1.165) is 12.8 Å². The van der Waals surface area contributed by atoms with Crippen LogP contribution in [0.3, 0.4) is 0 Å². The molecule has 2 N–H and O–H groups in total. The minimum absolute atomic E-state index is 0.0278. The second-order valence-corrected chi connectivity index (χ2v) is 3.75. The largest absolute Gasteiger partial charge is 0.383 e. The Kier molecular flexibility index (Phi) is 9.53.